The summed E-state index contributed by atoms with van der Waals surface area (Å²) in [6, 6.07) is 23.3. The van der Waals surface area contributed by atoms with Crippen LogP contribution in [0.3, 0.4) is 0 Å². The van der Waals surface area contributed by atoms with Crippen molar-refractivity contribution >= 4 is 10.8 Å². The molecule has 1 atom stereocenters. The third-order valence-corrected chi connectivity index (χ3v) is 5.13. The molecule has 3 aromatic carbocycles. The second-order valence-corrected chi connectivity index (χ2v) is 8.54. The Balaban J connectivity index is 1.72. The van der Waals surface area contributed by atoms with Gasteiger partial charge in [-0.3, -0.25) is 0 Å². The van der Waals surface area contributed by atoms with Crippen LogP contribution in [0.25, 0.3) is 10.8 Å². The number of hydrogen-bond donors (Lipinski definition) is 1. The lowest BCUT2D eigenvalue weighted by Gasteiger charge is -2.29. The van der Waals surface area contributed by atoms with Crippen molar-refractivity contribution in [2.24, 2.45) is 11.7 Å². The number of rotatable bonds is 7. The van der Waals surface area contributed by atoms with Crippen molar-refractivity contribution in [1.82, 2.24) is 0 Å². The van der Waals surface area contributed by atoms with Crippen molar-refractivity contribution in [1.29, 1.82) is 0 Å². The van der Waals surface area contributed by atoms with Crippen LogP contribution < -0.4 is 10.5 Å². The zero-order chi connectivity index (χ0) is 19.4. The van der Waals surface area contributed by atoms with Gasteiger partial charge < -0.3 is 10.5 Å². The molecule has 0 bridgehead atoms. The van der Waals surface area contributed by atoms with Crippen LogP contribution in [0.4, 0.5) is 0 Å². The van der Waals surface area contributed by atoms with E-state index >= 15 is 0 Å². The number of benzene rings is 3. The summed E-state index contributed by atoms with van der Waals surface area (Å²) in [5.41, 5.74) is 8.65. The van der Waals surface area contributed by atoms with Gasteiger partial charge in [-0.15, -0.1) is 0 Å². The van der Waals surface area contributed by atoms with Gasteiger partial charge in [0.15, 0.2) is 0 Å². The van der Waals surface area contributed by atoms with Crippen LogP contribution in [0.5, 0.6) is 5.75 Å². The molecule has 0 saturated heterocycles. The Hall–Kier alpha value is -2.32. The van der Waals surface area contributed by atoms with Crippen molar-refractivity contribution < 1.29 is 4.74 Å². The predicted molar refractivity (Wildman–Crippen MR) is 115 cm³/mol. The molecule has 0 aliphatic carbocycles. The van der Waals surface area contributed by atoms with E-state index in [1.807, 2.05) is 0 Å². The van der Waals surface area contributed by atoms with Crippen molar-refractivity contribution in [3.05, 3.63) is 77.9 Å². The summed E-state index contributed by atoms with van der Waals surface area (Å²) < 4.78 is 6.07. The van der Waals surface area contributed by atoms with Crippen LogP contribution in [-0.4, -0.2) is 5.54 Å². The largest absolute Gasteiger partial charge is 0.489 e. The van der Waals surface area contributed by atoms with Crippen molar-refractivity contribution in [2.45, 2.75) is 52.2 Å². The Labute approximate surface area is 163 Å². The van der Waals surface area contributed by atoms with E-state index in [1.54, 1.807) is 0 Å². The zero-order valence-electron chi connectivity index (χ0n) is 16.9. The Morgan fingerprint density at radius 2 is 1.56 bits per heavy atom. The topological polar surface area (TPSA) is 35.2 Å². The molecule has 0 aliphatic rings. The van der Waals surface area contributed by atoms with Gasteiger partial charge in [-0.05, 0) is 66.1 Å². The summed E-state index contributed by atoms with van der Waals surface area (Å²) in [5, 5.41) is 2.50. The van der Waals surface area contributed by atoms with Crippen molar-refractivity contribution in [3.8, 4) is 5.75 Å². The van der Waals surface area contributed by atoms with Gasteiger partial charge in [0.1, 0.15) is 12.4 Å². The van der Waals surface area contributed by atoms with Gasteiger partial charge in [0.25, 0.3) is 0 Å². The molecule has 2 nitrogen and oxygen atoms in total. The van der Waals surface area contributed by atoms with Crippen molar-refractivity contribution in [2.75, 3.05) is 0 Å². The fraction of sp³-hybridized carbons (Fsp3) is 0.360. The highest BCUT2D eigenvalue weighted by molar-refractivity contribution is 5.85. The zero-order valence-corrected chi connectivity index (χ0v) is 16.9. The first-order valence-electron chi connectivity index (χ1n) is 9.82. The van der Waals surface area contributed by atoms with Crippen LogP contribution in [0.1, 0.15) is 51.2 Å². The molecule has 0 aliphatic heterocycles. The molecular weight excluding hydrogens is 330 g/mol. The summed E-state index contributed by atoms with van der Waals surface area (Å²) in [6.45, 7) is 9.31. The first kappa shape index (κ1) is 19.4. The van der Waals surface area contributed by atoms with E-state index in [0.717, 1.165) is 12.2 Å². The highest BCUT2D eigenvalue weighted by atomic mass is 16.5. The third-order valence-electron chi connectivity index (χ3n) is 5.13. The van der Waals surface area contributed by atoms with E-state index in [4.69, 9.17) is 10.5 Å². The number of hydrogen-bond acceptors (Lipinski definition) is 2. The summed E-state index contributed by atoms with van der Waals surface area (Å²) in [6.07, 6.45) is 0.973. The highest BCUT2D eigenvalue weighted by Gasteiger charge is 2.23. The molecule has 27 heavy (non-hydrogen) atoms. The maximum Gasteiger partial charge on any atom is 0.119 e. The molecule has 2 heteroatoms. The van der Waals surface area contributed by atoms with Gasteiger partial charge in [-0.1, -0.05) is 68.4 Å². The standard InChI is InChI=1S/C25H31NO/c1-18(2)24(16-25(3,4)26)20-12-14-22(15-13-20)27-17-21-10-7-9-19-8-5-6-11-23(19)21/h5-15,18,24H,16-17,26H2,1-4H3. The Morgan fingerprint density at radius 3 is 2.22 bits per heavy atom. The summed E-state index contributed by atoms with van der Waals surface area (Å²) in [5.74, 6) is 1.91. The number of nitrogens with two attached hydrogens (primary N) is 1. The SMILES string of the molecule is CC(C)C(CC(C)(C)N)c1ccc(OCc2cccc3ccccc23)cc1. The summed E-state index contributed by atoms with van der Waals surface area (Å²) in [7, 11) is 0. The molecule has 1 unspecified atom stereocenters. The molecule has 142 valence electrons. The minimum absolute atomic E-state index is 0.168. The molecule has 0 amide bonds. The van der Waals surface area contributed by atoms with Gasteiger partial charge in [-0.2, -0.15) is 0 Å². The van der Waals surface area contributed by atoms with E-state index < -0.39 is 0 Å². The van der Waals surface area contributed by atoms with Gasteiger partial charge in [0.05, 0.1) is 0 Å². The molecule has 0 fully saturated rings. The quantitative estimate of drug-likeness (QED) is 0.537. The molecule has 0 saturated carbocycles. The maximum atomic E-state index is 6.27. The van der Waals surface area contributed by atoms with E-state index in [1.165, 1.54) is 21.9 Å². The Morgan fingerprint density at radius 1 is 0.889 bits per heavy atom. The fourth-order valence-electron chi connectivity index (χ4n) is 3.70. The minimum Gasteiger partial charge on any atom is -0.489 e. The Bertz CT molecular complexity index is 869. The average Bonchev–Trinajstić information content (AvgIpc) is 2.64. The molecule has 0 heterocycles. The maximum absolute atomic E-state index is 6.27. The van der Waals surface area contributed by atoms with Crippen LogP contribution >= 0.6 is 0 Å². The monoisotopic (exact) mass is 361 g/mol. The lowest BCUT2D eigenvalue weighted by Crippen LogP contribution is -2.35. The first-order chi connectivity index (χ1) is 12.8. The highest BCUT2D eigenvalue weighted by Crippen LogP contribution is 2.32. The van der Waals surface area contributed by atoms with Crippen molar-refractivity contribution in [3.63, 3.8) is 0 Å². The van der Waals surface area contributed by atoms with E-state index in [9.17, 15) is 0 Å². The lowest BCUT2D eigenvalue weighted by molar-refractivity contribution is 0.307. The predicted octanol–water partition coefficient (Wildman–Crippen LogP) is 6.29. The minimum atomic E-state index is -0.168. The van der Waals surface area contributed by atoms with Gasteiger partial charge in [-0.25, -0.2) is 0 Å². The molecule has 2 N–H and O–H groups in total. The summed E-state index contributed by atoms with van der Waals surface area (Å²) in [4.78, 5) is 0. The second-order valence-electron chi connectivity index (χ2n) is 8.54. The van der Waals surface area contributed by atoms with Gasteiger partial charge in [0, 0.05) is 5.54 Å². The van der Waals surface area contributed by atoms with Crippen LogP contribution in [0, 0.1) is 5.92 Å². The molecule has 3 rings (SSSR count). The second kappa shape index (κ2) is 8.14. The number of ether oxygens (including phenoxy) is 1. The molecule has 0 radical (unpaired) electrons. The Kier molecular flexibility index (Phi) is 5.86. The first-order valence-corrected chi connectivity index (χ1v) is 9.82. The van der Waals surface area contributed by atoms with E-state index in [-0.39, 0.29) is 5.54 Å². The van der Waals surface area contributed by atoms with E-state index in [0.29, 0.717) is 18.4 Å². The summed E-state index contributed by atoms with van der Waals surface area (Å²) >= 11 is 0. The normalized spacial score (nSPS) is 13.1. The average molecular weight is 362 g/mol. The third kappa shape index (κ3) is 5.11. The fourth-order valence-corrected chi connectivity index (χ4v) is 3.70. The lowest BCUT2D eigenvalue weighted by atomic mass is 9.80. The van der Waals surface area contributed by atoms with Crippen LogP contribution in [0.15, 0.2) is 66.7 Å². The smallest absolute Gasteiger partial charge is 0.119 e. The number of fused-ring (bicyclic) bond motifs is 1. The van der Waals surface area contributed by atoms with Gasteiger partial charge in [0.2, 0.25) is 0 Å². The van der Waals surface area contributed by atoms with Gasteiger partial charge >= 0.3 is 0 Å². The molecular formula is C25H31NO. The molecule has 0 spiro atoms. The van der Waals surface area contributed by atoms with E-state index in [2.05, 4.69) is 94.4 Å². The van der Waals surface area contributed by atoms with Crippen LogP contribution in [-0.2, 0) is 6.61 Å². The van der Waals surface area contributed by atoms with Crippen LogP contribution in [0.2, 0.25) is 0 Å². The molecule has 3 aromatic rings. The molecule has 0 aromatic heterocycles.